The SMILES string of the molecule is CCc1cccc(C)c1NC(=O)CSC1=Nc2ccccc2N=C(c2ccccn2)C1. The van der Waals surface area contributed by atoms with Gasteiger partial charge in [0.2, 0.25) is 5.91 Å². The molecule has 0 radical (unpaired) electrons. The normalized spacial score (nSPS) is 13.0. The fraction of sp³-hybridized carbons (Fsp3) is 0.200. The predicted molar refractivity (Wildman–Crippen MR) is 130 cm³/mol. The van der Waals surface area contributed by atoms with Crippen LogP contribution in [0.1, 0.15) is 30.2 Å². The lowest BCUT2D eigenvalue weighted by Crippen LogP contribution is -2.18. The van der Waals surface area contributed by atoms with Crippen molar-refractivity contribution in [1.82, 2.24) is 4.98 Å². The molecular weight excluding hydrogens is 404 g/mol. The van der Waals surface area contributed by atoms with Gasteiger partial charge in [0.15, 0.2) is 0 Å². The fourth-order valence-corrected chi connectivity index (χ4v) is 4.22. The van der Waals surface area contributed by atoms with E-state index in [9.17, 15) is 4.79 Å². The number of hydrogen-bond acceptors (Lipinski definition) is 5. The smallest absolute Gasteiger partial charge is 0.234 e. The minimum absolute atomic E-state index is 0.0365. The van der Waals surface area contributed by atoms with Crippen molar-refractivity contribution in [3.8, 4) is 0 Å². The molecule has 3 aromatic rings. The third kappa shape index (κ3) is 5.09. The highest BCUT2D eigenvalue weighted by molar-refractivity contribution is 8.14. The second-order valence-electron chi connectivity index (χ2n) is 7.24. The Labute approximate surface area is 186 Å². The van der Waals surface area contributed by atoms with Crippen LogP contribution in [0.2, 0.25) is 0 Å². The van der Waals surface area contributed by atoms with Crippen LogP contribution in [0.4, 0.5) is 17.1 Å². The van der Waals surface area contributed by atoms with Crippen LogP contribution < -0.4 is 5.32 Å². The van der Waals surface area contributed by atoms with Gasteiger partial charge in [-0.3, -0.25) is 9.78 Å². The molecule has 0 saturated heterocycles. The maximum absolute atomic E-state index is 12.7. The molecule has 1 N–H and O–H groups in total. The van der Waals surface area contributed by atoms with Crippen molar-refractivity contribution in [3.63, 3.8) is 0 Å². The number of nitrogens with zero attached hydrogens (tertiary/aromatic N) is 3. The van der Waals surface area contributed by atoms with Crippen LogP contribution in [0.25, 0.3) is 0 Å². The number of nitrogens with one attached hydrogen (secondary N) is 1. The zero-order valence-electron chi connectivity index (χ0n) is 17.6. The molecule has 0 atom stereocenters. The van der Waals surface area contributed by atoms with E-state index in [1.807, 2.05) is 61.5 Å². The molecule has 0 fully saturated rings. The van der Waals surface area contributed by atoms with Gasteiger partial charge in [-0.2, -0.15) is 0 Å². The van der Waals surface area contributed by atoms with Crippen molar-refractivity contribution in [2.45, 2.75) is 26.7 Å². The van der Waals surface area contributed by atoms with Gasteiger partial charge in [-0.1, -0.05) is 43.3 Å². The van der Waals surface area contributed by atoms with E-state index in [0.29, 0.717) is 6.42 Å². The molecule has 1 amide bonds. The van der Waals surface area contributed by atoms with Gasteiger partial charge >= 0.3 is 0 Å². The van der Waals surface area contributed by atoms with Crippen molar-refractivity contribution in [1.29, 1.82) is 0 Å². The number of aliphatic imine (C=N–C) groups is 2. The fourth-order valence-electron chi connectivity index (χ4n) is 3.45. The predicted octanol–water partition coefficient (Wildman–Crippen LogP) is 5.88. The average Bonchev–Trinajstić information content (AvgIpc) is 2.99. The molecule has 2 aromatic carbocycles. The highest BCUT2D eigenvalue weighted by atomic mass is 32.2. The quantitative estimate of drug-likeness (QED) is 0.552. The molecule has 2 heterocycles. The van der Waals surface area contributed by atoms with Crippen LogP contribution in [-0.4, -0.2) is 27.4 Å². The lowest BCUT2D eigenvalue weighted by Gasteiger charge is -2.13. The molecule has 5 nitrogen and oxygen atoms in total. The van der Waals surface area contributed by atoms with Crippen molar-refractivity contribution < 1.29 is 4.79 Å². The Hall–Kier alpha value is -3.25. The van der Waals surface area contributed by atoms with Crippen LogP contribution in [-0.2, 0) is 11.2 Å². The minimum atomic E-state index is -0.0365. The van der Waals surface area contributed by atoms with E-state index in [4.69, 9.17) is 9.98 Å². The highest BCUT2D eigenvalue weighted by Gasteiger charge is 2.17. The Morgan fingerprint density at radius 3 is 2.52 bits per heavy atom. The number of anilines is 1. The van der Waals surface area contributed by atoms with Crippen LogP contribution in [0.15, 0.2) is 76.8 Å². The van der Waals surface area contributed by atoms with Crippen molar-refractivity contribution >= 4 is 45.5 Å². The van der Waals surface area contributed by atoms with Gasteiger partial charge in [0.25, 0.3) is 0 Å². The summed E-state index contributed by atoms with van der Waals surface area (Å²) in [5.41, 5.74) is 6.43. The van der Waals surface area contributed by atoms with E-state index in [2.05, 4.69) is 23.3 Å². The molecule has 0 spiro atoms. The number of benzene rings is 2. The number of aryl methyl sites for hydroxylation is 2. The van der Waals surface area contributed by atoms with Crippen LogP contribution >= 0.6 is 11.8 Å². The van der Waals surface area contributed by atoms with Gasteiger partial charge in [0.1, 0.15) is 0 Å². The number of carbonyl (C=O) groups excluding carboxylic acids is 1. The molecule has 6 heteroatoms. The van der Waals surface area contributed by atoms with Crippen LogP contribution in [0.3, 0.4) is 0 Å². The molecule has 0 unspecified atom stereocenters. The van der Waals surface area contributed by atoms with Gasteiger partial charge in [-0.15, -0.1) is 11.8 Å². The van der Waals surface area contributed by atoms with E-state index in [1.165, 1.54) is 11.8 Å². The summed E-state index contributed by atoms with van der Waals surface area (Å²) in [6, 6.07) is 19.7. The summed E-state index contributed by atoms with van der Waals surface area (Å²) in [6.45, 7) is 4.11. The molecule has 1 aliphatic heterocycles. The third-order valence-electron chi connectivity index (χ3n) is 5.04. The van der Waals surface area contributed by atoms with Crippen molar-refractivity contribution in [2.24, 2.45) is 9.98 Å². The van der Waals surface area contributed by atoms with E-state index in [0.717, 1.165) is 51.1 Å². The Bertz CT molecular complexity index is 1160. The van der Waals surface area contributed by atoms with Crippen molar-refractivity contribution in [3.05, 3.63) is 83.7 Å². The zero-order valence-corrected chi connectivity index (χ0v) is 18.4. The summed E-state index contributed by atoms with van der Waals surface area (Å²) in [5, 5.41) is 3.94. The first-order chi connectivity index (χ1) is 15.1. The maximum atomic E-state index is 12.7. The summed E-state index contributed by atoms with van der Waals surface area (Å²) in [7, 11) is 0. The molecule has 0 aliphatic carbocycles. The molecule has 0 bridgehead atoms. The maximum Gasteiger partial charge on any atom is 0.234 e. The van der Waals surface area contributed by atoms with Gasteiger partial charge in [-0.05, 0) is 48.7 Å². The largest absolute Gasteiger partial charge is 0.325 e. The topological polar surface area (TPSA) is 66.7 Å². The number of para-hydroxylation sites is 3. The van der Waals surface area contributed by atoms with E-state index in [-0.39, 0.29) is 11.7 Å². The Morgan fingerprint density at radius 1 is 1.00 bits per heavy atom. The lowest BCUT2D eigenvalue weighted by molar-refractivity contribution is -0.113. The summed E-state index contributed by atoms with van der Waals surface area (Å²) in [5.74, 6) is 0.249. The number of amides is 1. The minimum Gasteiger partial charge on any atom is -0.325 e. The number of hydrogen-bond donors (Lipinski definition) is 1. The number of rotatable bonds is 5. The monoisotopic (exact) mass is 428 g/mol. The second-order valence-corrected chi connectivity index (χ2v) is 8.29. The Morgan fingerprint density at radius 2 is 1.77 bits per heavy atom. The first-order valence-corrected chi connectivity index (χ1v) is 11.3. The van der Waals surface area contributed by atoms with Gasteiger partial charge in [0, 0.05) is 18.3 Å². The van der Waals surface area contributed by atoms with Gasteiger partial charge in [-0.25, -0.2) is 9.98 Å². The summed E-state index contributed by atoms with van der Waals surface area (Å²) >= 11 is 1.45. The molecule has 1 aliphatic rings. The number of pyridine rings is 1. The molecule has 0 saturated carbocycles. The Kier molecular flexibility index (Phi) is 6.57. The Balaban J connectivity index is 1.53. The standard InChI is InChI=1S/C25H24N4OS/c1-3-18-10-8-9-17(2)25(18)29-23(30)16-31-24-15-22(19-11-6-7-14-26-19)27-20-12-4-5-13-21(20)28-24/h4-14H,3,15-16H2,1-2H3,(H,29,30). The van der Waals surface area contributed by atoms with Crippen LogP contribution in [0, 0.1) is 6.92 Å². The van der Waals surface area contributed by atoms with E-state index >= 15 is 0 Å². The number of carbonyl (C=O) groups is 1. The molecular formula is C25H24N4OS. The third-order valence-corrected chi connectivity index (χ3v) is 6.01. The first kappa shape index (κ1) is 21.0. The summed E-state index contributed by atoms with van der Waals surface area (Å²) in [6.07, 6.45) is 3.17. The van der Waals surface area contributed by atoms with Crippen LogP contribution in [0.5, 0.6) is 0 Å². The number of fused-ring (bicyclic) bond motifs is 1. The molecule has 1 aromatic heterocycles. The summed E-state index contributed by atoms with van der Waals surface area (Å²) in [4.78, 5) is 26.8. The molecule has 4 rings (SSSR count). The zero-order chi connectivity index (χ0) is 21.6. The molecule has 31 heavy (non-hydrogen) atoms. The number of aromatic nitrogens is 1. The molecule has 156 valence electrons. The second kappa shape index (κ2) is 9.71. The first-order valence-electron chi connectivity index (χ1n) is 10.3. The summed E-state index contributed by atoms with van der Waals surface area (Å²) < 4.78 is 0. The number of thioether (sulfide) groups is 1. The van der Waals surface area contributed by atoms with Gasteiger partial charge < -0.3 is 5.32 Å². The van der Waals surface area contributed by atoms with E-state index in [1.54, 1.807) is 6.20 Å². The van der Waals surface area contributed by atoms with Gasteiger partial charge in [0.05, 0.1) is 33.6 Å². The van der Waals surface area contributed by atoms with Crippen molar-refractivity contribution in [2.75, 3.05) is 11.1 Å². The lowest BCUT2D eigenvalue weighted by atomic mass is 10.1. The van der Waals surface area contributed by atoms with E-state index < -0.39 is 0 Å². The highest BCUT2D eigenvalue weighted by Crippen LogP contribution is 2.33. The average molecular weight is 429 g/mol.